The number of amides is 1. The normalized spacial score (nSPS) is 18.8. The molecule has 1 rings (SSSR count). The van der Waals surface area contributed by atoms with Crippen molar-refractivity contribution >= 4 is 5.91 Å². The van der Waals surface area contributed by atoms with Gasteiger partial charge in [-0.05, 0) is 32.1 Å². The van der Waals surface area contributed by atoms with E-state index in [9.17, 15) is 4.79 Å². The molecule has 1 saturated carbocycles. The Labute approximate surface area is 123 Å². The van der Waals surface area contributed by atoms with E-state index in [0.29, 0.717) is 6.54 Å². The molecule has 1 fully saturated rings. The second-order valence-corrected chi connectivity index (χ2v) is 6.08. The lowest BCUT2D eigenvalue weighted by Gasteiger charge is -2.29. The van der Waals surface area contributed by atoms with Crippen LogP contribution in [0.15, 0.2) is 0 Å². The first-order valence-corrected chi connectivity index (χ1v) is 8.26. The van der Waals surface area contributed by atoms with Gasteiger partial charge in [0.05, 0.1) is 6.10 Å². The van der Waals surface area contributed by atoms with Gasteiger partial charge in [-0.2, -0.15) is 0 Å². The van der Waals surface area contributed by atoms with Gasteiger partial charge in [0.2, 0.25) is 5.91 Å². The van der Waals surface area contributed by atoms with E-state index in [2.05, 4.69) is 19.2 Å². The van der Waals surface area contributed by atoms with Gasteiger partial charge in [0.1, 0.15) is 6.10 Å². The maximum atomic E-state index is 12.2. The lowest BCUT2D eigenvalue weighted by atomic mass is 9.94. The number of ether oxygens (including phenoxy) is 1. The van der Waals surface area contributed by atoms with Crippen LogP contribution in [0.2, 0.25) is 0 Å². The number of nitrogens with one attached hydrogen (secondary N) is 1. The lowest BCUT2D eigenvalue weighted by Crippen LogP contribution is -2.51. The molecule has 118 valence electrons. The fraction of sp³-hybridized carbons (Fsp3) is 0.938. The van der Waals surface area contributed by atoms with Gasteiger partial charge in [-0.3, -0.25) is 4.79 Å². The summed E-state index contributed by atoms with van der Waals surface area (Å²) >= 11 is 0. The van der Waals surface area contributed by atoms with E-state index in [1.165, 1.54) is 19.3 Å². The van der Waals surface area contributed by atoms with Crippen molar-refractivity contribution in [3.8, 4) is 0 Å². The Morgan fingerprint density at radius 3 is 2.35 bits per heavy atom. The van der Waals surface area contributed by atoms with Crippen LogP contribution in [0.1, 0.15) is 72.1 Å². The predicted octanol–water partition coefficient (Wildman–Crippen LogP) is 2.75. The Morgan fingerprint density at radius 1 is 1.25 bits per heavy atom. The van der Waals surface area contributed by atoms with E-state index in [4.69, 9.17) is 10.5 Å². The summed E-state index contributed by atoms with van der Waals surface area (Å²) in [7, 11) is 0. The van der Waals surface area contributed by atoms with E-state index in [1.807, 2.05) is 6.92 Å². The van der Waals surface area contributed by atoms with Crippen LogP contribution in [-0.2, 0) is 9.53 Å². The Morgan fingerprint density at radius 2 is 1.85 bits per heavy atom. The molecule has 0 heterocycles. The van der Waals surface area contributed by atoms with Gasteiger partial charge >= 0.3 is 0 Å². The molecule has 0 aromatic rings. The van der Waals surface area contributed by atoms with Gasteiger partial charge in [-0.25, -0.2) is 0 Å². The smallest absolute Gasteiger partial charge is 0.249 e. The average molecular weight is 284 g/mol. The fourth-order valence-electron chi connectivity index (χ4n) is 2.65. The maximum Gasteiger partial charge on any atom is 0.249 e. The highest BCUT2D eigenvalue weighted by Gasteiger charge is 2.26. The third-order valence-corrected chi connectivity index (χ3v) is 4.60. The summed E-state index contributed by atoms with van der Waals surface area (Å²) < 4.78 is 5.98. The number of rotatable bonds is 8. The molecule has 0 aromatic heterocycles. The van der Waals surface area contributed by atoms with E-state index in [0.717, 1.165) is 32.1 Å². The van der Waals surface area contributed by atoms with E-state index >= 15 is 0 Å². The summed E-state index contributed by atoms with van der Waals surface area (Å²) in [5, 5.41) is 2.98. The third kappa shape index (κ3) is 5.41. The van der Waals surface area contributed by atoms with Crippen LogP contribution < -0.4 is 11.1 Å². The Balaban J connectivity index is 2.41. The molecule has 4 heteroatoms. The van der Waals surface area contributed by atoms with Crippen molar-refractivity contribution in [3.05, 3.63) is 0 Å². The monoisotopic (exact) mass is 284 g/mol. The minimum atomic E-state index is -0.323. The number of carbonyl (C=O) groups excluding carboxylic acids is 1. The van der Waals surface area contributed by atoms with Crippen molar-refractivity contribution in [1.82, 2.24) is 5.32 Å². The summed E-state index contributed by atoms with van der Waals surface area (Å²) in [5.41, 5.74) is 5.92. The van der Waals surface area contributed by atoms with Crippen LogP contribution in [0.25, 0.3) is 0 Å². The van der Waals surface area contributed by atoms with Gasteiger partial charge < -0.3 is 15.8 Å². The topological polar surface area (TPSA) is 64.3 Å². The molecule has 20 heavy (non-hydrogen) atoms. The highest BCUT2D eigenvalue weighted by Crippen LogP contribution is 2.22. The minimum absolute atomic E-state index is 0.00482. The summed E-state index contributed by atoms with van der Waals surface area (Å²) in [5.74, 6) is -0.00482. The zero-order valence-corrected chi connectivity index (χ0v) is 13.4. The van der Waals surface area contributed by atoms with Crippen molar-refractivity contribution in [3.63, 3.8) is 0 Å². The quantitative estimate of drug-likeness (QED) is 0.720. The molecule has 4 nitrogen and oxygen atoms in total. The molecular formula is C16H32N2O2. The second kappa shape index (κ2) is 8.63. The van der Waals surface area contributed by atoms with Gasteiger partial charge in [0, 0.05) is 12.1 Å². The van der Waals surface area contributed by atoms with Gasteiger partial charge in [0.15, 0.2) is 0 Å². The molecule has 0 bridgehead atoms. The number of nitrogens with two attached hydrogens (primary N) is 1. The third-order valence-electron chi connectivity index (χ3n) is 4.60. The number of carbonyl (C=O) groups is 1. The number of hydrogen-bond acceptors (Lipinski definition) is 3. The zero-order valence-electron chi connectivity index (χ0n) is 13.4. The van der Waals surface area contributed by atoms with E-state index < -0.39 is 0 Å². The van der Waals surface area contributed by atoms with Crippen LogP contribution in [-0.4, -0.2) is 30.2 Å². The standard InChI is InChI=1S/C16H32N2O2/c1-4-14(20-13-10-8-7-9-11-13)15(19)18-12-16(17,5-2)6-3/h13-14H,4-12,17H2,1-3H3,(H,18,19). The molecule has 0 radical (unpaired) electrons. The Hall–Kier alpha value is -0.610. The summed E-state index contributed by atoms with van der Waals surface area (Å²) in [6.45, 7) is 6.66. The molecule has 0 aromatic carbocycles. The maximum absolute atomic E-state index is 12.2. The van der Waals surface area contributed by atoms with Gasteiger partial charge in [0.25, 0.3) is 0 Å². The Bertz CT molecular complexity index is 284. The largest absolute Gasteiger partial charge is 0.365 e. The van der Waals surface area contributed by atoms with Crippen molar-refractivity contribution in [2.24, 2.45) is 5.73 Å². The molecule has 1 unspecified atom stereocenters. The molecule has 1 aliphatic rings. The van der Waals surface area contributed by atoms with Crippen LogP contribution >= 0.6 is 0 Å². The molecular weight excluding hydrogens is 252 g/mol. The summed E-state index contributed by atoms with van der Waals surface area (Å²) in [6.07, 6.45) is 8.32. The summed E-state index contributed by atoms with van der Waals surface area (Å²) in [4.78, 5) is 12.2. The predicted molar refractivity (Wildman–Crippen MR) is 82.5 cm³/mol. The van der Waals surface area contributed by atoms with E-state index in [-0.39, 0.29) is 23.7 Å². The number of hydrogen-bond donors (Lipinski definition) is 2. The highest BCUT2D eigenvalue weighted by molar-refractivity contribution is 5.80. The molecule has 1 atom stereocenters. The molecule has 1 aliphatic carbocycles. The molecule has 0 saturated heterocycles. The fourth-order valence-corrected chi connectivity index (χ4v) is 2.65. The highest BCUT2D eigenvalue weighted by atomic mass is 16.5. The zero-order chi connectivity index (χ0) is 15.0. The van der Waals surface area contributed by atoms with Crippen LogP contribution in [0, 0.1) is 0 Å². The Kier molecular flexibility index (Phi) is 7.52. The lowest BCUT2D eigenvalue weighted by molar-refractivity contribution is -0.138. The van der Waals surface area contributed by atoms with Crippen LogP contribution in [0.4, 0.5) is 0 Å². The van der Waals surface area contributed by atoms with Crippen molar-refractivity contribution < 1.29 is 9.53 Å². The van der Waals surface area contributed by atoms with Gasteiger partial charge in [-0.1, -0.05) is 40.0 Å². The molecule has 0 spiro atoms. The van der Waals surface area contributed by atoms with Crippen LogP contribution in [0.3, 0.4) is 0 Å². The first-order valence-electron chi connectivity index (χ1n) is 8.26. The van der Waals surface area contributed by atoms with Crippen LogP contribution in [0.5, 0.6) is 0 Å². The first kappa shape index (κ1) is 17.4. The summed E-state index contributed by atoms with van der Waals surface area (Å²) in [6, 6.07) is 0. The molecule has 1 amide bonds. The SMILES string of the molecule is CCC(OC1CCCCC1)C(=O)NCC(N)(CC)CC. The average Bonchev–Trinajstić information content (AvgIpc) is 2.51. The van der Waals surface area contributed by atoms with Crippen molar-refractivity contribution in [1.29, 1.82) is 0 Å². The van der Waals surface area contributed by atoms with Crippen molar-refractivity contribution in [2.75, 3.05) is 6.54 Å². The molecule has 0 aliphatic heterocycles. The van der Waals surface area contributed by atoms with Crippen molar-refractivity contribution in [2.45, 2.75) is 89.9 Å². The molecule has 3 N–H and O–H groups in total. The van der Waals surface area contributed by atoms with Gasteiger partial charge in [-0.15, -0.1) is 0 Å². The van der Waals surface area contributed by atoms with E-state index in [1.54, 1.807) is 0 Å². The first-order chi connectivity index (χ1) is 9.54. The minimum Gasteiger partial charge on any atom is -0.365 e. The second-order valence-electron chi connectivity index (χ2n) is 6.08.